The van der Waals surface area contributed by atoms with Gasteiger partial charge in [-0.3, -0.25) is 4.79 Å². The number of amides is 3. The van der Waals surface area contributed by atoms with Gasteiger partial charge in [-0.2, -0.15) is 0 Å². The first-order valence-electron chi connectivity index (χ1n) is 6.90. The molecule has 5 heteroatoms. The summed E-state index contributed by atoms with van der Waals surface area (Å²) in [4.78, 5) is 27.9. The molecule has 0 saturated carbocycles. The van der Waals surface area contributed by atoms with E-state index in [0.717, 1.165) is 32.4 Å². The van der Waals surface area contributed by atoms with Gasteiger partial charge in [-0.1, -0.05) is 6.92 Å². The maximum atomic E-state index is 12.4. The van der Waals surface area contributed by atoms with Crippen LogP contribution in [-0.4, -0.2) is 54.5 Å². The Morgan fingerprint density at radius 3 is 2.56 bits per heavy atom. The topological polar surface area (TPSA) is 52.7 Å². The maximum absolute atomic E-state index is 12.4. The lowest BCUT2D eigenvalue weighted by atomic mass is 10.0. The second-order valence-corrected chi connectivity index (χ2v) is 5.44. The summed E-state index contributed by atoms with van der Waals surface area (Å²) < 4.78 is 0. The highest BCUT2D eigenvalue weighted by Gasteiger charge is 2.36. The van der Waals surface area contributed by atoms with Gasteiger partial charge in [0.2, 0.25) is 5.91 Å². The van der Waals surface area contributed by atoms with Gasteiger partial charge in [0.1, 0.15) is 6.04 Å². The summed E-state index contributed by atoms with van der Waals surface area (Å²) in [5.41, 5.74) is 0. The van der Waals surface area contributed by atoms with Gasteiger partial charge in [-0.05, 0) is 31.6 Å². The zero-order valence-corrected chi connectivity index (χ0v) is 11.3. The van der Waals surface area contributed by atoms with Crippen molar-refractivity contribution in [3.8, 4) is 0 Å². The zero-order chi connectivity index (χ0) is 13.1. The number of hydrogen-bond acceptors (Lipinski definition) is 2. The first kappa shape index (κ1) is 13.2. The summed E-state index contributed by atoms with van der Waals surface area (Å²) in [5.74, 6) is 0.537. The highest BCUT2D eigenvalue weighted by atomic mass is 16.2. The molecule has 2 fully saturated rings. The normalized spacial score (nSPS) is 28.3. The van der Waals surface area contributed by atoms with Gasteiger partial charge in [0, 0.05) is 26.7 Å². The second-order valence-electron chi connectivity index (χ2n) is 5.44. The summed E-state index contributed by atoms with van der Waals surface area (Å²) in [7, 11) is 1.63. The van der Waals surface area contributed by atoms with Crippen molar-refractivity contribution in [3.63, 3.8) is 0 Å². The molecule has 0 bridgehead atoms. The van der Waals surface area contributed by atoms with Crippen molar-refractivity contribution < 1.29 is 9.59 Å². The van der Waals surface area contributed by atoms with Crippen molar-refractivity contribution in [2.45, 2.75) is 38.6 Å². The highest BCUT2D eigenvalue weighted by Crippen LogP contribution is 2.22. The van der Waals surface area contributed by atoms with E-state index in [-0.39, 0.29) is 18.0 Å². The van der Waals surface area contributed by atoms with Crippen molar-refractivity contribution in [1.82, 2.24) is 15.1 Å². The maximum Gasteiger partial charge on any atom is 0.320 e. The van der Waals surface area contributed by atoms with Gasteiger partial charge in [-0.25, -0.2) is 4.79 Å². The Morgan fingerprint density at radius 1 is 1.17 bits per heavy atom. The Bertz CT molecular complexity index is 332. The first-order valence-corrected chi connectivity index (χ1v) is 6.90. The summed E-state index contributed by atoms with van der Waals surface area (Å²) in [6.07, 6.45) is 3.98. The molecule has 3 amide bonds. The Morgan fingerprint density at radius 2 is 1.89 bits per heavy atom. The molecule has 2 unspecified atom stereocenters. The van der Waals surface area contributed by atoms with Crippen LogP contribution >= 0.6 is 0 Å². The van der Waals surface area contributed by atoms with Crippen molar-refractivity contribution in [1.29, 1.82) is 0 Å². The molecule has 2 rings (SSSR count). The highest BCUT2D eigenvalue weighted by molar-refractivity contribution is 5.87. The second kappa shape index (κ2) is 5.59. The Kier molecular flexibility index (Phi) is 4.09. The summed E-state index contributed by atoms with van der Waals surface area (Å²) >= 11 is 0. The minimum absolute atomic E-state index is 0.0362. The molecule has 2 atom stereocenters. The number of likely N-dealkylation sites (tertiary alicyclic amines) is 2. The average molecular weight is 253 g/mol. The molecule has 2 heterocycles. The van der Waals surface area contributed by atoms with Crippen molar-refractivity contribution >= 4 is 11.9 Å². The van der Waals surface area contributed by atoms with Crippen LogP contribution in [0.5, 0.6) is 0 Å². The predicted molar refractivity (Wildman–Crippen MR) is 69.2 cm³/mol. The van der Waals surface area contributed by atoms with Gasteiger partial charge < -0.3 is 15.1 Å². The minimum atomic E-state index is -0.264. The lowest BCUT2D eigenvalue weighted by molar-refractivity contribution is -0.124. The van der Waals surface area contributed by atoms with E-state index in [9.17, 15) is 9.59 Å². The van der Waals surface area contributed by atoms with Crippen LogP contribution in [0.2, 0.25) is 0 Å². The molecule has 0 aromatic rings. The van der Waals surface area contributed by atoms with E-state index in [4.69, 9.17) is 0 Å². The largest absolute Gasteiger partial charge is 0.357 e. The number of carbonyl (C=O) groups is 2. The molecule has 0 aromatic carbocycles. The predicted octanol–water partition coefficient (Wildman–Crippen LogP) is 1.05. The molecule has 5 nitrogen and oxygen atoms in total. The Hall–Kier alpha value is -1.26. The Labute approximate surface area is 108 Å². The third kappa shape index (κ3) is 2.60. The van der Waals surface area contributed by atoms with E-state index in [1.165, 1.54) is 6.42 Å². The molecule has 2 aliphatic rings. The summed E-state index contributed by atoms with van der Waals surface area (Å²) in [5, 5.41) is 2.65. The molecule has 0 radical (unpaired) electrons. The molecular weight excluding hydrogens is 230 g/mol. The fourth-order valence-electron chi connectivity index (χ4n) is 2.98. The lowest BCUT2D eigenvalue weighted by Gasteiger charge is -2.35. The average Bonchev–Trinajstić information content (AvgIpc) is 2.86. The smallest absolute Gasteiger partial charge is 0.320 e. The minimum Gasteiger partial charge on any atom is -0.357 e. The van der Waals surface area contributed by atoms with E-state index in [1.807, 2.05) is 4.90 Å². The summed E-state index contributed by atoms with van der Waals surface area (Å²) in [6.45, 7) is 4.55. The number of likely N-dealkylation sites (N-methyl/N-ethyl adjacent to an activating group) is 1. The standard InChI is InChI=1S/C13H23N3O2/c1-10-5-3-7-15(9-10)13(18)16-8-4-6-11(16)12(17)14-2/h10-11H,3-9H2,1-2H3,(H,14,17). The van der Waals surface area contributed by atoms with Crippen LogP contribution in [0.25, 0.3) is 0 Å². The fraction of sp³-hybridized carbons (Fsp3) is 0.846. The van der Waals surface area contributed by atoms with Gasteiger partial charge in [0.05, 0.1) is 0 Å². The van der Waals surface area contributed by atoms with Crippen LogP contribution in [0.3, 0.4) is 0 Å². The van der Waals surface area contributed by atoms with Gasteiger partial charge in [-0.15, -0.1) is 0 Å². The van der Waals surface area contributed by atoms with E-state index in [1.54, 1.807) is 11.9 Å². The van der Waals surface area contributed by atoms with Crippen molar-refractivity contribution in [2.75, 3.05) is 26.7 Å². The third-order valence-corrected chi connectivity index (χ3v) is 3.98. The van der Waals surface area contributed by atoms with Crippen LogP contribution in [-0.2, 0) is 4.79 Å². The van der Waals surface area contributed by atoms with Crippen LogP contribution in [0.4, 0.5) is 4.79 Å². The fourth-order valence-corrected chi connectivity index (χ4v) is 2.98. The first-order chi connectivity index (χ1) is 8.63. The number of piperidine rings is 1. The van der Waals surface area contributed by atoms with E-state index in [0.29, 0.717) is 12.5 Å². The molecular formula is C13H23N3O2. The molecule has 102 valence electrons. The Balaban J connectivity index is 2.01. The third-order valence-electron chi connectivity index (χ3n) is 3.98. The van der Waals surface area contributed by atoms with Gasteiger partial charge in [0.25, 0.3) is 0 Å². The van der Waals surface area contributed by atoms with E-state index in [2.05, 4.69) is 12.2 Å². The van der Waals surface area contributed by atoms with Crippen LogP contribution < -0.4 is 5.32 Å². The summed E-state index contributed by atoms with van der Waals surface area (Å²) in [6, 6.07) is -0.215. The molecule has 1 N–H and O–H groups in total. The molecule has 0 aliphatic carbocycles. The SMILES string of the molecule is CNC(=O)C1CCCN1C(=O)N1CCCC(C)C1. The number of urea groups is 1. The molecule has 2 aliphatic heterocycles. The van der Waals surface area contributed by atoms with Crippen LogP contribution in [0.1, 0.15) is 32.6 Å². The molecule has 0 spiro atoms. The number of nitrogens with zero attached hydrogens (tertiary/aromatic N) is 2. The monoisotopic (exact) mass is 253 g/mol. The quantitative estimate of drug-likeness (QED) is 0.759. The lowest BCUT2D eigenvalue weighted by Crippen LogP contribution is -2.52. The number of nitrogens with one attached hydrogen (secondary N) is 1. The van der Waals surface area contributed by atoms with Crippen LogP contribution in [0, 0.1) is 5.92 Å². The van der Waals surface area contributed by atoms with Crippen molar-refractivity contribution in [3.05, 3.63) is 0 Å². The molecule has 18 heavy (non-hydrogen) atoms. The number of hydrogen-bond donors (Lipinski definition) is 1. The zero-order valence-electron chi connectivity index (χ0n) is 11.3. The van der Waals surface area contributed by atoms with E-state index < -0.39 is 0 Å². The van der Waals surface area contributed by atoms with Crippen LogP contribution in [0.15, 0.2) is 0 Å². The number of carbonyl (C=O) groups excluding carboxylic acids is 2. The van der Waals surface area contributed by atoms with Gasteiger partial charge in [0.15, 0.2) is 0 Å². The molecule has 2 saturated heterocycles. The van der Waals surface area contributed by atoms with Crippen molar-refractivity contribution in [2.24, 2.45) is 5.92 Å². The molecule has 0 aromatic heterocycles. The van der Waals surface area contributed by atoms with Gasteiger partial charge >= 0.3 is 6.03 Å². The van der Waals surface area contributed by atoms with E-state index >= 15 is 0 Å². The number of rotatable bonds is 1.